The Morgan fingerprint density at radius 2 is 1.63 bits per heavy atom. The minimum Gasteiger partial charge on any atom is -0.394 e. The van der Waals surface area contributed by atoms with Crippen LogP contribution >= 0.6 is 0 Å². The minimum atomic E-state index is -4.61. The van der Waals surface area contributed by atoms with Gasteiger partial charge in [0.2, 0.25) is 5.95 Å². The molecule has 8 heteroatoms. The predicted molar refractivity (Wildman–Crippen MR) is 100 cm³/mol. The lowest BCUT2D eigenvalue weighted by atomic mass is 10.1. The fraction of sp³-hybridized carbons (Fsp3) is 0.474. The number of aliphatic hydroxyl groups excluding tert-OH is 1. The van der Waals surface area contributed by atoms with Crippen molar-refractivity contribution in [2.75, 3.05) is 17.2 Å². The number of benzene rings is 1. The summed E-state index contributed by atoms with van der Waals surface area (Å²) in [5.41, 5.74) is 2.54. The maximum Gasteiger partial charge on any atom is 0.433 e. The van der Waals surface area contributed by atoms with Gasteiger partial charge in [-0.05, 0) is 37.8 Å². The molecule has 0 aliphatic rings. The number of hydrogen-bond acceptors (Lipinski definition) is 5. The first-order chi connectivity index (χ1) is 12.5. The number of halogens is 3. The van der Waals surface area contributed by atoms with Gasteiger partial charge in [-0.1, -0.05) is 31.5 Å². The lowest BCUT2D eigenvalue weighted by molar-refractivity contribution is -0.141. The second kappa shape index (κ2) is 8.12. The molecular formula is C19H25F3N4O. The topological polar surface area (TPSA) is 70.1 Å². The number of nitrogens with zero attached hydrogens (tertiary/aromatic N) is 2. The van der Waals surface area contributed by atoms with Gasteiger partial charge < -0.3 is 15.7 Å². The van der Waals surface area contributed by atoms with Gasteiger partial charge in [-0.25, -0.2) is 4.98 Å². The molecule has 27 heavy (non-hydrogen) atoms. The molecule has 1 heterocycles. The van der Waals surface area contributed by atoms with Crippen molar-refractivity contribution in [1.29, 1.82) is 0 Å². The lowest BCUT2D eigenvalue weighted by Crippen LogP contribution is -2.30. The van der Waals surface area contributed by atoms with Crippen LogP contribution in [0.5, 0.6) is 0 Å². The molecule has 3 N–H and O–H groups in total. The smallest absolute Gasteiger partial charge is 0.394 e. The minimum absolute atomic E-state index is 0.00820. The summed E-state index contributed by atoms with van der Waals surface area (Å²) in [4.78, 5) is 7.75. The quantitative estimate of drug-likeness (QED) is 0.682. The van der Waals surface area contributed by atoms with E-state index >= 15 is 0 Å². The Balaban J connectivity index is 2.45. The molecule has 0 fully saturated rings. The van der Waals surface area contributed by atoms with E-state index < -0.39 is 17.9 Å². The van der Waals surface area contributed by atoms with Gasteiger partial charge in [-0.2, -0.15) is 18.2 Å². The Labute approximate surface area is 157 Å². The van der Waals surface area contributed by atoms with E-state index in [9.17, 15) is 18.3 Å². The predicted octanol–water partition coefficient (Wildman–Crippen LogP) is 4.59. The first-order valence-electron chi connectivity index (χ1n) is 8.69. The molecule has 1 atom stereocenters. The molecule has 2 aromatic rings. The molecule has 148 valence electrons. The number of nitrogens with one attached hydrogen (secondary N) is 2. The second-order valence-electron chi connectivity index (χ2n) is 7.04. The first kappa shape index (κ1) is 21.0. The van der Waals surface area contributed by atoms with E-state index in [1.54, 1.807) is 0 Å². The summed E-state index contributed by atoms with van der Waals surface area (Å²) in [5.74, 6) is -0.149. The van der Waals surface area contributed by atoms with Crippen molar-refractivity contribution in [1.82, 2.24) is 9.97 Å². The SMILES string of the molecule is Cc1cc(C)c(Nc2cc(C(F)(F)F)nc(N[C@@H](CO)C(C)C)n2)c(C)c1. The van der Waals surface area contributed by atoms with Crippen LogP contribution in [0.15, 0.2) is 18.2 Å². The van der Waals surface area contributed by atoms with Crippen LogP contribution in [0, 0.1) is 26.7 Å². The van der Waals surface area contributed by atoms with E-state index in [-0.39, 0.29) is 24.3 Å². The monoisotopic (exact) mass is 382 g/mol. The molecule has 0 aliphatic heterocycles. The van der Waals surface area contributed by atoms with Crippen molar-refractivity contribution in [3.8, 4) is 0 Å². The molecule has 0 amide bonds. The zero-order chi connectivity index (χ0) is 20.4. The van der Waals surface area contributed by atoms with Gasteiger partial charge in [0, 0.05) is 11.8 Å². The molecule has 5 nitrogen and oxygen atoms in total. The van der Waals surface area contributed by atoms with Crippen molar-refractivity contribution in [3.63, 3.8) is 0 Å². The van der Waals surface area contributed by atoms with Crippen molar-refractivity contribution in [2.24, 2.45) is 5.92 Å². The molecule has 1 aromatic heterocycles. The summed E-state index contributed by atoms with van der Waals surface area (Å²) in [6, 6.07) is 4.32. The summed E-state index contributed by atoms with van der Waals surface area (Å²) in [7, 11) is 0. The van der Waals surface area contributed by atoms with Crippen molar-refractivity contribution >= 4 is 17.5 Å². The lowest BCUT2D eigenvalue weighted by Gasteiger charge is -2.21. The van der Waals surface area contributed by atoms with Crippen LogP contribution in [0.2, 0.25) is 0 Å². The fourth-order valence-electron chi connectivity index (χ4n) is 2.82. The molecule has 0 bridgehead atoms. The Morgan fingerprint density at radius 1 is 1.04 bits per heavy atom. The number of aliphatic hydroxyl groups is 1. The number of aryl methyl sites for hydroxylation is 3. The van der Waals surface area contributed by atoms with Crippen molar-refractivity contribution in [3.05, 3.63) is 40.6 Å². The summed E-state index contributed by atoms with van der Waals surface area (Å²) in [6.07, 6.45) is -4.61. The van der Waals surface area contributed by atoms with Gasteiger partial charge in [0.15, 0.2) is 5.69 Å². The fourth-order valence-corrected chi connectivity index (χ4v) is 2.82. The van der Waals surface area contributed by atoms with E-state index in [1.165, 1.54) is 0 Å². The van der Waals surface area contributed by atoms with E-state index in [1.807, 2.05) is 46.8 Å². The van der Waals surface area contributed by atoms with Gasteiger partial charge in [0.05, 0.1) is 12.6 Å². The second-order valence-corrected chi connectivity index (χ2v) is 7.04. The van der Waals surface area contributed by atoms with Crippen molar-refractivity contribution < 1.29 is 18.3 Å². The number of rotatable bonds is 6. The van der Waals surface area contributed by atoms with E-state index in [4.69, 9.17) is 0 Å². The van der Waals surface area contributed by atoms with Gasteiger partial charge in [-0.3, -0.25) is 0 Å². The number of alkyl halides is 3. The van der Waals surface area contributed by atoms with Crippen LogP contribution in [0.3, 0.4) is 0 Å². The van der Waals surface area contributed by atoms with E-state index in [2.05, 4.69) is 20.6 Å². The van der Waals surface area contributed by atoms with Gasteiger partial charge in [0.1, 0.15) is 5.82 Å². The highest BCUT2D eigenvalue weighted by Crippen LogP contribution is 2.32. The summed E-state index contributed by atoms with van der Waals surface area (Å²) in [6.45, 7) is 9.18. The van der Waals surface area contributed by atoms with Crippen LogP contribution in [0.1, 0.15) is 36.2 Å². The van der Waals surface area contributed by atoms with Crippen LogP contribution < -0.4 is 10.6 Å². The van der Waals surface area contributed by atoms with Crippen LogP contribution in [0.25, 0.3) is 0 Å². The number of hydrogen-bond donors (Lipinski definition) is 3. The highest BCUT2D eigenvalue weighted by atomic mass is 19.4. The Morgan fingerprint density at radius 3 is 2.11 bits per heavy atom. The zero-order valence-corrected chi connectivity index (χ0v) is 16.1. The molecular weight excluding hydrogens is 357 g/mol. The summed E-state index contributed by atoms with van der Waals surface area (Å²) >= 11 is 0. The maximum absolute atomic E-state index is 13.3. The summed E-state index contributed by atoms with van der Waals surface area (Å²) < 4.78 is 39.8. The molecule has 0 unspecified atom stereocenters. The maximum atomic E-state index is 13.3. The zero-order valence-electron chi connectivity index (χ0n) is 16.1. The third-order valence-electron chi connectivity index (χ3n) is 4.26. The van der Waals surface area contributed by atoms with Crippen LogP contribution in [0.4, 0.5) is 30.6 Å². The highest BCUT2D eigenvalue weighted by molar-refractivity contribution is 5.66. The highest BCUT2D eigenvalue weighted by Gasteiger charge is 2.34. The molecule has 2 rings (SSSR count). The Bertz CT molecular complexity index is 783. The molecule has 0 aliphatic carbocycles. The number of anilines is 3. The average molecular weight is 382 g/mol. The summed E-state index contributed by atoms with van der Waals surface area (Å²) in [5, 5.41) is 15.2. The van der Waals surface area contributed by atoms with Gasteiger partial charge in [0.25, 0.3) is 0 Å². The Kier molecular flexibility index (Phi) is 6.30. The molecule has 0 saturated heterocycles. The molecule has 0 radical (unpaired) electrons. The molecule has 0 saturated carbocycles. The number of aromatic nitrogens is 2. The van der Waals surface area contributed by atoms with Gasteiger partial charge in [-0.15, -0.1) is 0 Å². The molecule has 0 spiro atoms. The average Bonchev–Trinajstić information content (AvgIpc) is 2.54. The van der Waals surface area contributed by atoms with E-state index in [0.29, 0.717) is 5.69 Å². The molecule has 1 aromatic carbocycles. The van der Waals surface area contributed by atoms with Gasteiger partial charge >= 0.3 is 6.18 Å². The largest absolute Gasteiger partial charge is 0.433 e. The standard InChI is InChI=1S/C19H25F3N4O/c1-10(2)14(9-27)23-18-24-15(19(20,21)22)8-16(26-18)25-17-12(4)6-11(3)7-13(17)5/h6-8,10,14,27H,9H2,1-5H3,(H2,23,24,25,26)/t14-/m0/s1. The third kappa shape index (κ3) is 5.32. The van der Waals surface area contributed by atoms with E-state index in [0.717, 1.165) is 22.8 Å². The van der Waals surface area contributed by atoms with Crippen LogP contribution in [-0.2, 0) is 6.18 Å². The first-order valence-corrected chi connectivity index (χ1v) is 8.69. The third-order valence-corrected chi connectivity index (χ3v) is 4.26. The normalized spacial score (nSPS) is 13.0. The van der Waals surface area contributed by atoms with Crippen LogP contribution in [-0.4, -0.2) is 27.7 Å². The Hall–Kier alpha value is -2.35. The van der Waals surface area contributed by atoms with Crippen molar-refractivity contribution in [2.45, 2.75) is 46.8 Å².